The first-order valence-corrected chi connectivity index (χ1v) is 7.31. The molecule has 1 heterocycles. The Hall–Kier alpha value is -1.06. The summed E-state index contributed by atoms with van der Waals surface area (Å²) in [6, 6.07) is 8.03. The third-order valence-corrected chi connectivity index (χ3v) is 4.55. The lowest BCUT2D eigenvalue weighted by atomic mass is 10.1. The molecule has 1 aliphatic carbocycles. The first-order chi connectivity index (χ1) is 9.07. The molecule has 1 aromatic carbocycles. The van der Waals surface area contributed by atoms with Crippen molar-refractivity contribution in [1.82, 2.24) is 10.2 Å². The maximum Gasteiger partial charge on any atom is 0.244 e. The molecule has 19 heavy (non-hydrogen) atoms. The standard InChI is InChI=1S/C15H19ClN2O/c1-3-10(2)18-13(11-5-4-6-12(16)9-11)17-15(7-8-15)14(18)19/h4-6,9-10,13,17H,3,7-8H2,1-2H3. The van der Waals surface area contributed by atoms with Gasteiger partial charge in [0.15, 0.2) is 0 Å². The van der Waals surface area contributed by atoms with Gasteiger partial charge in [-0.1, -0.05) is 30.7 Å². The largest absolute Gasteiger partial charge is 0.319 e. The highest BCUT2D eigenvalue weighted by molar-refractivity contribution is 6.30. The van der Waals surface area contributed by atoms with Crippen molar-refractivity contribution in [2.24, 2.45) is 0 Å². The second kappa shape index (κ2) is 4.50. The summed E-state index contributed by atoms with van der Waals surface area (Å²) < 4.78 is 0. The summed E-state index contributed by atoms with van der Waals surface area (Å²) in [6.07, 6.45) is 2.83. The Morgan fingerprint density at radius 1 is 1.53 bits per heavy atom. The van der Waals surface area contributed by atoms with Crippen molar-refractivity contribution in [2.75, 3.05) is 0 Å². The average Bonchev–Trinajstić information content (AvgIpc) is 3.12. The van der Waals surface area contributed by atoms with Gasteiger partial charge < -0.3 is 4.90 Å². The molecule has 1 aromatic rings. The van der Waals surface area contributed by atoms with E-state index in [1.165, 1.54) is 0 Å². The van der Waals surface area contributed by atoms with E-state index in [9.17, 15) is 4.79 Å². The number of carbonyl (C=O) groups is 1. The molecule has 0 aromatic heterocycles. The third kappa shape index (κ3) is 2.05. The molecule has 3 nitrogen and oxygen atoms in total. The van der Waals surface area contributed by atoms with E-state index in [4.69, 9.17) is 11.6 Å². The van der Waals surface area contributed by atoms with Crippen molar-refractivity contribution >= 4 is 17.5 Å². The number of amides is 1. The topological polar surface area (TPSA) is 32.3 Å². The van der Waals surface area contributed by atoms with Gasteiger partial charge in [0.05, 0.1) is 0 Å². The molecule has 102 valence electrons. The van der Waals surface area contributed by atoms with E-state index >= 15 is 0 Å². The Balaban J connectivity index is 1.96. The zero-order chi connectivity index (χ0) is 13.6. The number of rotatable bonds is 3. The highest BCUT2D eigenvalue weighted by Gasteiger charge is 2.59. The van der Waals surface area contributed by atoms with Crippen LogP contribution in [0, 0.1) is 0 Å². The van der Waals surface area contributed by atoms with Crippen molar-refractivity contribution in [3.05, 3.63) is 34.9 Å². The van der Waals surface area contributed by atoms with Crippen molar-refractivity contribution < 1.29 is 4.79 Å². The highest BCUT2D eigenvalue weighted by Crippen LogP contribution is 2.47. The van der Waals surface area contributed by atoms with E-state index in [2.05, 4.69) is 19.2 Å². The van der Waals surface area contributed by atoms with Crippen LogP contribution in [0.25, 0.3) is 0 Å². The summed E-state index contributed by atoms with van der Waals surface area (Å²) in [4.78, 5) is 14.6. The second-order valence-corrected chi connectivity index (χ2v) is 6.09. The van der Waals surface area contributed by atoms with Crippen LogP contribution in [0.1, 0.15) is 44.8 Å². The summed E-state index contributed by atoms with van der Waals surface area (Å²) in [5.41, 5.74) is 0.793. The van der Waals surface area contributed by atoms with Crippen LogP contribution >= 0.6 is 11.6 Å². The molecule has 0 radical (unpaired) electrons. The van der Waals surface area contributed by atoms with E-state index < -0.39 is 0 Å². The maximum atomic E-state index is 12.6. The van der Waals surface area contributed by atoms with E-state index in [-0.39, 0.29) is 23.7 Å². The van der Waals surface area contributed by atoms with Gasteiger partial charge in [-0.2, -0.15) is 0 Å². The number of carbonyl (C=O) groups excluding carboxylic acids is 1. The van der Waals surface area contributed by atoms with E-state index in [0.717, 1.165) is 24.8 Å². The molecule has 2 unspecified atom stereocenters. The molecule has 1 saturated carbocycles. The zero-order valence-electron chi connectivity index (χ0n) is 11.3. The van der Waals surface area contributed by atoms with E-state index in [0.29, 0.717) is 5.02 Å². The first-order valence-electron chi connectivity index (χ1n) is 6.93. The van der Waals surface area contributed by atoms with Gasteiger partial charge in [-0.3, -0.25) is 10.1 Å². The molecule has 2 aliphatic rings. The molecule has 1 spiro atoms. The number of nitrogens with zero attached hydrogens (tertiary/aromatic N) is 1. The van der Waals surface area contributed by atoms with Gasteiger partial charge in [0.2, 0.25) is 5.91 Å². The van der Waals surface area contributed by atoms with Gasteiger partial charge in [0.25, 0.3) is 0 Å². The Morgan fingerprint density at radius 3 is 2.84 bits per heavy atom. The molecule has 2 atom stereocenters. The van der Waals surface area contributed by atoms with Crippen LogP contribution in [0.15, 0.2) is 24.3 Å². The molecule has 0 bridgehead atoms. The van der Waals surface area contributed by atoms with Crippen LogP contribution < -0.4 is 5.32 Å². The van der Waals surface area contributed by atoms with Crippen LogP contribution in [-0.2, 0) is 4.79 Å². The van der Waals surface area contributed by atoms with E-state index in [1.54, 1.807) is 0 Å². The van der Waals surface area contributed by atoms with Gasteiger partial charge in [-0.05, 0) is 43.9 Å². The van der Waals surface area contributed by atoms with E-state index in [1.807, 2.05) is 29.2 Å². The molecular formula is C15H19ClN2O. The number of nitrogens with one attached hydrogen (secondary N) is 1. The molecule has 1 saturated heterocycles. The summed E-state index contributed by atoms with van der Waals surface area (Å²) in [5, 5.41) is 4.23. The lowest BCUT2D eigenvalue weighted by molar-refractivity contribution is -0.132. The average molecular weight is 279 g/mol. The number of hydrogen-bond acceptors (Lipinski definition) is 2. The third-order valence-electron chi connectivity index (χ3n) is 4.32. The molecule has 2 fully saturated rings. The lowest BCUT2D eigenvalue weighted by Gasteiger charge is -2.30. The zero-order valence-corrected chi connectivity index (χ0v) is 12.1. The molecule has 1 aliphatic heterocycles. The number of halogens is 1. The van der Waals surface area contributed by atoms with Crippen LogP contribution in [-0.4, -0.2) is 22.4 Å². The van der Waals surface area contributed by atoms with Gasteiger partial charge >= 0.3 is 0 Å². The molecule has 3 rings (SSSR count). The predicted molar refractivity (Wildman–Crippen MR) is 75.9 cm³/mol. The summed E-state index contributed by atoms with van der Waals surface area (Å²) in [5.74, 6) is 0.256. The lowest BCUT2D eigenvalue weighted by Crippen LogP contribution is -2.38. The summed E-state index contributed by atoms with van der Waals surface area (Å²) in [7, 11) is 0. The van der Waals surface area contributed by atoms with Crippen LogP contribution in [0.5, 0.6) is 0 Å². The molecule has 1 N–H and O–H groups in total. The van der Waals surface area contributed by atoms with Crippen molar-refractivity contribution in [3.8, 4) is 0 Å². The van der Waals surface area contributed by atoms with Crippen molar-refractivity contribution in [2.45, 2.75) is 50.9 Å². The Labute approximate surface area is 118 Å². The smallest absolute Gasteiger partial charge is 0.244 e. The van der Waals surface area contributed by atoms with Crippen LogP contribution in [0.4, 0.5) is 0 Å². The molecule has 4 heteroatoms. The SMILES string of the molecule is CCC(C)N1C(=O)C2(CC2)NC1c1cccc(Cl)c1. The summed E-state index contributed by atoms with van der Waals surface area (Å²) >= 11 is 6.08. The summed E-state index contributed by atoms with van der Waals surface area (Å²) in [6.45, 7) is 4.23. The fraction of sp³-hybridized carbons (Fsp3) is 0.533. The highest BCUT2D eigenvalue weighted by atomic mass is 35.5. The fourth-order valence-electron chi connectivity index (χ4n) is 2.81. The minimum Gasteiger partial charge on any atom is -0.319 e. The minimum absolute atomic E-state index is 0.0383. The Kier molecular flexibility index (Phi) is 3.06. The first kappa shape index (κ1) is 12.9. The van der Waals surface area contributed by atoms with Gasteiger partial charge in [-0.25, -0.2) is 0 Å². The minimum atomic E-state index is -0.281. The normalized spacial score (nSPS) is 25.9. The maximum absolute atomic E-state index is 12.6. The second-order valence-electron chi connectivity index (χ2n) is 5.65. The molecular weight excluding hydrogens is 260 g/mol. The van der Waals surface area contributed by atoms with Crippen LogP contribution in [0.2, 0.25) is 5.02 Å². The van der Waals surface area contributed by atoms with Gasteiger partial charge in [0.1, 0.15) is 11.7 Å². The van der Waals surface area contributed by atoms with Gasteiger partial charge in [0, 0.05) is 11.1 Å². The number of benzene rings is 1. The predicted octanol–water partition coefficient (Wildman–Crippen LogP) is 3.10. The van der Waals surface area contributed by atoms with Crippen molar-refractivity contribution in [1.29, 1.82) is 0 Å². The quantitative estimate of drug-likeness (QED) is 0.921. The van der Waals surface area contributed by atoms with Gasteiger partial charge in [-0.15, -0.1) is 0 Å². The Bertz CT molecular complexity index is 513. The van der Waals surface area contributed by atoms with Crippen LogP contribution in [0.3, 0.4) is 0 Å². The molecule has 1 amide bonds. The Morgan fingerprint density at radius 2 is 2.26 bits per heavy atom. The monoisotopic (exact) mass is 278 g/mol. The fourth-order valence-corrected chi connectivity index (χ4v) is 3.01. The van der Waals surface area contributed by atoms with Crippen molar-refractivity contribution in [3.63, 3.8) is 0 Å². The number of hydrogen-bond donors (Lipinski definition) is 1.